The Morgan fingerprint density at radius 2 is 1.58 bits per heavy atom. The molecule has 0 atom stereocenters. The largest absolute Gasteiger partial charge is 0.478 e. The van der Waals surface area contributed by atoms with Gasteiger partial charge < -0.3 is 20.3 Å². The average Bonchev–Trinajstić information content (AvgIpc) is 2.95. The zero-order chi connectivity index (χ0) is 17.8. The fraction of sp³-hybridized carbons (Fsp3) is 0. The Bertz CT molecular complexity index is 1120. The van der Waals surface area contributed by atoms with Gasteiger partial charge in [0, 0.05) is 16.8 Å². The van der Waals surface area contributed by atoms with Gasteiger partial charge in [-0.05, 0) is 6.07 Å². The van der Waals surface area contributed by atoms with Crippen molar-refractivity contribution in [3.05, 3.63) is 34.0 Å². The molecule has 1 aliphatic rings. The van der Waals surface area contributed by atoms with Crippen molar-refractivity contribution in [3.8, 4) is 0 Å². The van der Waals surface area contributed by atoms with Crippen molar-refractivity contribution >= 4 is 46.1 Å². The molecule has 4 N–H and O–H groups in total. The molecule has 24 heavy (non-hydrogen) atoms. The molecule has 2 aromatic rings. The van der Waals surface area contributed by atoms with Crippen LogP contribution in [0.15, 0.2) is 17.3 Å². The van der Waals surface area contributed by atoms with Crippen LogP contribution in [-0.2, 0) is 14.4 Å². The van der Waals surface area contributed by atoms with Crippen LogP contribution in [0.5, 0.6) is 0 Å². The maximum absolute atomic E-state index is 11.9. The molecule has 0 spiro atoms. The van der Waals surface area contributed by atoms with Crippen molar-refractivity contribution in [2.24, 2.45) is 4.99 Å². The standard InChI is InChI=1S/C14H6N2O8/c17-10-7(14(23)24)4-5(12(19)20)6(13(21)22)8-3(1-2-15-8)9(4)16-11(10)18/h1-2,15H,(H,19,20)(H,21,22)(H,23,24). The summed E-state index contributed by atoms with van der Waals surface area (Å²) in [6.45, 7) is 0. The Kier molecular flexibility index (Phi) is 3.04. The molecule has 0 fully saturated rings. The third-order valence-corrected chi connectivity index (χ3v) is 3.52. The molecule has 0 bridgehead atoms. The van der Waals surface area contributed by atoms with Crippen LogP contribution in [0, 0.1) is 0 Å². The number of Topliss-reactive ketones (excluding diaryl/α,β-unsaturated/α-hetero) is 1. The molecule has 120 valence electrons. The molecule has 1 aromatic heterocycles. The monoisotopic (exact) mass is 330 g/mol. The number of nitrogens with zero attached hydrogens (tertiary/aromatic N) is 1. The molecule has 1 amide bonds. The maximum atomic E-state index is 11.9. The van der Waals surface area contributed by atoms with Crippen LogP contribution >= 0.6 is 0 Å². The van der Waals surface area contributed by atoms with Crippen LogP contribution in [0.2, 0.25) is 0 Å². The molecule has 0 radical (unpaired) electrons. The number of ketones is 1. The number of carbonyl (C=O) groups is 5. The van der Waals surface area contributed by atoms with Crippen molar-refractivity contribution < 1.29 is 39.3 Å². The topological polar surface area (TPSA) is 174 Å². The van der Waals surface area contributed by atoms with Crippen molar-refractivity contribution in [2.45, 2.75) is 0 Å². The third-order valence-electron chi connectivity index (χ3n) is 3.52. The quantitative estimate of drug-likeness (QED) is 0.493. The molecule has 1 aliphatic heterocycles. The van der Waals surface area contributed by atoms with Gasteiger partial charge in [-0.15, -0.1) is 0 Å². The maximum Gasteiger partial charge on any atom is 0.340 e. The van der Waals surface area contributed by atoms with Crippen LogP contribution < -0.4 is 10.6 Å². The van der Waals surface area contributed by atoms with Gasteiger partial charge in [0.25, 0.3) is 5.78 Å². The Labute approximate surface area is 130 Å². The molecular formula is C14H6N2O8. The van der Waals surface area contributed by atoms with E-state index in [0.717, 1.165) is 0 Å². The molecule has 2 heterocycles. The minimum absolute atomic E-state index is 0.0204. The number of hydrogen-bond acceptors (Lipinski definition) is 5. The van der Waals surface area contributed by atoms with Gasteiger partial charge in [0.1, 0.15) is 5.57 Å². The highest BCUT2D eigenvalue weighted by molar-refractivity contribution is 6.61. The number of aromatic amines is 1. The first-order valence-electron chi connectivity index (χ1n) is 6.30. The van der Waals surface area contributed by atoms with E-state index in [-0.39, 0.29) is 16.3 Å². The van der Waals surface area contributed by atoms with Gasteiger partial charge in [-0.1, -0.05) is 0 Å². The lowest BCUT2D eigenvalue weighted by Crippen LogP contribution is -2.45. The number of carbonyl (C=O) groups excluding carboxylic acids is 2. The second kappa shape index (κ2) is 4.84. The number of rotatable bonds is 3. The van der Waals surface area contributed by atoms with Gasteiger partial charge in [0.2, 0.25) is 0 Å². The van der Waals surface area contributed by atoms with E-state index in [1.807, 2.05) is 0 Å². The molecule has 0 saturated heterocycles. The number of H-pyrrole nitrogens is 1. The average molecular weight is 330 g/mol. The van der Waals surface area contributed by atoms with Crippen LogP contribution in [0.4, 0.5) is 0 Å². The number of carboxylic acids is 3. The fourth-order valence-corrected chi connectivity index (χ4v) is 2.64. The zero-order valence-electron chi connectivity index (χ0n) is 11.5. The van der Waals surface area contributed by atoms with Crippen molar-refractivity contribution in [2.75, 3.05) is 0 Å². The number of carboxylic acid groups (broad SMARTS) is 3. The van der Waals surface area contributed by atoms with Crippen LogP contribution in [-0.4, -0.2) is 49.9 Å². The normalized spacial score (nSPS) is 13.6. The first-order chi connectivity index (χ1) is 11.3. The summed E-state index contributed by atoms with van der Waals surface area (Å²) < 4.78 is 0. The van der Waals surface area contributed by atoms with E-state index >= 15 is 0 Å². The number of aromatic carboxylic acids is 2. The predicted octanol–water partition coefficient (Wildman–Crippen LogP) is -1.47. The van der Waals surface area contributed by atoms with Crippen molar-refractivity contribution in [3.63, 3.8) is 0 Å². The van der Waals surface area contributed by atoms with E-state index in [1.165, 1.54) is 12.3 Å². The lowest BCUT2D eigenvalue weighted by Gasteiger charge is -2.11. The Morgan fingerprint density at radius 1 is 0.958 bits per heavy atom. The number of aromatic nitrogens is 1. The molecule has 3 rings (SSSR count). The number of aliphatic carboxylic acids is 1. The van der Waals surface area contributed by atoms with Gasteiger partial charge in [0.15, 0.2) is 0 Å². The summed E-state index contributed by atoms with van der Waals surface area (Å²) in [4.78, 5) is 64.0. The Morgan fingerprint density at radius 3 is 2.12 bits per heavy atom. The Hall–Kier alpha value is -3.82. The molecule has 1 aromatic carbocycles. The van der Waals surface area contributed by atoms with E-state index in [2.05, 4.69) is 9.98 Å². The Balaban J connectivity index is 2.83. The summed E-state index contributed by atoms with van der Waals surface area (Å²) in [7, 11) is 0. The highest BCUT2D eigenvalue weighted by Crippen LogP contribution is 2.18. The lowest BCUT2D eigenvalue weighted by molar-refractivity contribution is -0.136. The minimum Gasteiger partial charge on any atom is -0.478 e. The van der Waals surface area contributed by atoms with Gasteiger partial charge in [-0.25, -0.2) is 19.4 Å². The summed E-state index contributed by atoms with van der Waals surface area (Å²) in [6.07, 6.45) is 1.28. The van der Waals surface area contributed by atoms with Crippen LogP contribution in [0.1, 0.15) is 20.7 Å². The molecular weight excluding hydrogens is 324 g/mol. The minimum atomic E-state index is -1.85. The van der Waals surface area contributed by atoms with Crippen LogP contribution in [0.25, 0.3) is 16.5 Å². The number of fused-ring (bicyclic) bond motifs is 3. The molecule has 0 aliphatic carbocycles. The number of nitrogens with one attached hydrogen (secondary N) is 1. The van der Waals surface area contributed by atoms with Crippen molar-refractivity contribution in [1.82, 2.24) is 4.98 Å². The number of amides is 1. The van der Waals surface area contributed by atoms with Crippen LogP contribution in [0.3, 0.4) is 0 Å². The molecule has 10 heteroatoms. The van der Waals surface area contributed by atoms with E-state index in [1.54, 1.807) is 0 Å². The van der Waals surface area contributed by atoms with Gasteiger partial charge in [-0.2, -0.15) is 0 Å². The third kappa shape index (κ3) is 1.83. The second-order valence-corrected chi connectivity index (χ2v) is 4.78. The lowest BCUT2D eigenvalue weighted by atomic mass is 9.94. The summed E-state index contributed by atoms with van der Waals surface area (Å²) in [5, 5.41) is 26.9. The van der Waals surface area contributed by atoms with E-state index in [4.69, 9.17) is 0 Å². The first kappa shape index (κ1) is 15.1. The second-order valence-electron chi connectivity index (χ2n) is 4.78. The van der Waals surface area contributed by atoms with Crippen molar-refractivity contribution in [1.29, 1.82) is 0 Å². The zero-order valence-corrected chi connectivity index (χ0v) is 11.5. The molecule has 10 nitrogen and oxygen atoms in total. The highest BCUT2D eigenvalue weighted by Gasteiger charge is 2.34. The fourth-order valence-electron chi connectivity index (χ4n) is 2.64. The molecule has 0 unspecified atom stereocenters. The summed E-state index contributed by atoms with van der Waals surface area (Å²) >= 11 is 0. The van der Waals surface area contributed by atoms with Gasteiger partial charge in [-0.3, -0.25) is 9.59 Å². The summed E-state index contributed by atoms with van der Waals surface area (Å²) in [6, 6.07) is 1.30. The summed E-state index contributed by atoms with van der Waals surface area (Å²) in [5.74, 6) is -8.14. The smallest absolute Gasteiger partial charge is 0.340 e. The van der Waals surface area contributed by atoms with E-state index in [9.17, 15) is 39.3 Å². The first-order valence-corrected chi connectivity index (χ1v) is 6.30. The number of benzene rings is 1. The van der Waals surface area contributed by atoms with Gasteiger partial charge >= 0.3 is 23.8 Å². The van der Waals surface area contributed by atoms with Gasteiger partial charge in [0.05, 0.1) is 22.0 Å². The number of hydrogen-bond donors (Lipinski definition) is 4. The predicted molar refractivity (Wildman–Crippen MR) is 74.1 cm³/mol. The SMILES string of the molecule is O=C(O)C1=c2c(C(=O)O)c(C(=O)O)c3[nH]ccc3c2=NC(=O)C1=O. The van der Waals surface area contributed by atoms with E-state index < -0.39 is 51.5 Å². The van der Waals surface area contributed by atoms with E-state index in [0.29, 0.717) is 0 Å². The summed E-state index contributed by atoms with van der Waals surface area (Å²) in [5.41, 5.74) is -2.91. The highest BCUT2D eigenvalue weighted by atomic mass is 16.4. The molecule has 0 saturated carbocycles.